The van der Waals surface area contributed by atoms with Gasteiger partial charge in [0.25, 0.3) is 5.91 Å². The third kappa shape index (κ3) is 3.47. The minimum atomic E-state index is -0.283. The number of fused-ring (bicyclic) bond motifs is 1. The lowest BCUT2D eigenvalue weighted by molar-refractivity contribution is 0.0939. The molecule has 0 saturated carbocycles. The number of rotatable bonds is 4. The van der Waals surface area contributed by atoms with E-state index in [0.29, 0.717) is 18.5 Å². The highest BCUT2D eigenvalue weighted by molar-refractivity contribution is 5.94. The Morgan fingerprint density at radius 2 is 1.97 bits per heavy atom. The maximum atomic E-state index is 13.9. The summed E-state index contributed by atoms with van der Waals surface area (Å²) in [6.45, 7) is 0.561. The van der Waals surface area contributed by atoms with Gasteiger partial charge in [0.15, 0.2) is 5.65 Å². The number of carbonyl (C=O) groups is 1. The first-order valence-electron chi connectivity index (χ1n) is 9.71. The quantitative estimate of drug-likeness (QED) is 0.568. The van der Waals surface area contributed by atoms with Crippen LogP contribution >= 0.6 is 0 Å². The van der Waals surface area contributed by atoms with Crippen molar-refractivity contribution in [2.75, 3.05) is 11.4 Å². The molecule has 0 aliphatic carbocycles. The molecule has 2 atom stereocenters. The maximum absolute atomic E-state index is 13.9. The Kier molecular flexibility index (Phi) is 4.59. The van der Waals surface area contributed by atoms with Gasteiger partial charge in [0.2, 0.25) is 0 Å². The number of hydrogen-bond donors (Lipinski definition) is 1. The topological polar surface area (TPSA) is 75.4 Å². The van der Waals surface area contributed by atoms with Crippen molar-refractivity contribution in [2.45, 2.75) is 18.5 Å². The highest BCUT2D eigenvalue weighted by atomic mass is 19.1. The molecule has 4 heterocycles. The summed E-state index contributed by atoms with van der Waals surface area (Å²) in [6, 6.07) is 13.5. The summed E-state index contributed by atoms with van der Waals surface area (Å²) in [5, 5.41) is 7.74. The summed E-state index contributed by atoms with van der Waals surface area (Å²) in [4.78, 5) is 22.9. The van der Waals surface area contributed by atoms with E-state index in [2.05, 4.69) is 25.3 Å². The molecule has 1 aromatic carbocycles. The van der Waals surface area contributed by atoms with E-state index in [1.807, 2.05) is 18.2 Å². The van der Waals surface area contributed by atoms with Crippen LogP contribution in [0.4, 0.5) is 10.2 Å². The van der Waals surface area contributed by atoms with Crippen molar-refractivity contribution in [3.05, 3.63) is 90.3 Å². The average Bonchev–Trinajstić information content (AvgIpc) is 3.40. The van der Waals surface area contributed by atoms with Crippen LogP contribution in [0.25, 0.3) is 5.65 Å². The third-order valence-corrected chi connectivity index (χ3v) is 5.35. The van der Waals surface area contributed by atoms with Gasteiger partial charge >= 0.3 is 0 Å². The zero-order chi connectivity index (χ0) is 20.5. The summed E-state index contributed by atoms with van der Waals surface area (Å²) in [5.74, 6) is 0.311. The van der Waals surface area contributed by atoms with Gasteiger partial charge in [-0.05, 0) is 48.4 Å². The van der Waals surface area contributed by atoms with Gasteiger partial charge < -0.3 is 10.2 Å². The number of pyridine rings is 1. The molecule has 1 aliphatic rings. The second kappa shape index (κ2) is 7.55. The van der Waals surface area contributed by atoms with E-state index < -0.39 is 0 Å². The molecule has 3 aromatic heterocycles. The summed E-state index contributed by atoms with van der Waals surface area (Å²) in [7, 11) is 0. The molecule has 1 amide bonds. The first-order chi connectivity index (χ1) is 14.7. The normalized spacial score (nSPS) is 18.6. The van der Waals surface area contributed by atoms with Gasteiger partial charge in [-0.25, -0.2) is 13.9 Å². The molecule has 1 saturated heterocycles. The lowest BCUT2D eigenvalue weighted by Crippen LogP contribution is -2.37. The fourth-order valence-corrected chi connectivity index (χ4v) is 3.95. The molecule has 1 aliphatic heterocycles. The fourth-order valence-electron chi connectivity index (χ4n) is 3.95. The number of benzene rings is 1. The number of nitrogens with one attached hydrogen (secondary N) is 1. The van der Waals surface area contributed by atoms with E-state index >= 15 is 0 Å². The van der Waals surface area contributed by atoms with Crippen molar-refractivity contribution >= 4 is 17.4 Å². The third-order valence-electron chi connectivity index (χ3n) is 5.35. The zero-order valence-electron chi connectivity index (χ0n) is 16.0. The monoisotopic (exact) mass is 402 g/mol. The van der Waals surface area contributed by atoms with Crippen molar-refractivity contribution < 1.29 is 9.18 Å². The highest BCUT2D eigenvalue weighted by Crippen LogP contribution is 2.35. The number of anilines is 1. The molecular weight excluding hydrogens is 383 g/mol. The van der Waals surface area contributed by atoms with E-state index in [1.165, 1.54) is 6.07 Å². The number of carbonyl (C=O) groups excluding carboxylic acids is 1. The van der Waals surface area contributed by atoms with E-state index in [-0.39, 0.29) is 23.8 Å². The number of nitrogens with zero attached hydrogens (tertiary/aromatic N) is 5. The van der Waals surface area contributed by atoms with Crippen LogP contribution in [0.15, 0.2) is 73.3 Å². The Hall–Kier alpha value is -3.81. The standard InChI is InChI=1S/C22H19FN6O/c23-17-3-1-2-16(12-17)19-13-18(26-22(30)15-6-8-24-9-7-15)14-28(19)21-5-4-20-25-10-11-29(20)27-21/h1-12,18-19H,13-14H2,(H,26,30)/t18?,19-/m1/s1. The maximum Gasteiger partial charge on any atom is 0.251 e. The second-order valence-corrected chi connectivity index (χ2v) is 7.29. The fraction of sp³-hybridized carbons (Fsp3) is 0.182. The zero-order valence-corrected chi connectivity index (χ0v) is 16.0. The first-order valence-corrected chi connectivity index (χ1v) is 9.71. The highest BCUT2D eigenvalue weighted by Gasteiger charge is 2.35. The number of imidazole rings is 1. The second-order valence-electron chi connectivity index (χ2n) is 7.29. The number of hydrogen-bond acceptors (Lipinski definition) is 5. The molecule has 1 fully saturated rings. The largest absolute Gasteiger partial charge is 0.347 e. The van der Waals surface area contributed by atoms with Gasteiger partial charge in [-0.3, -0.25) is 9.78 Å². The van der Waals surface area contributed by atoms with Crippen LogP contribution < -0.4 is 10.2 Å². The van der Waals surface area contributed by atoms with Crippen LogP contribution in [0.5, 0.6) is 0 Å². The number of aromatic nitrogens is 4. The molecule has 1 unspecified atom stereocenters. The predicted octanol–water partition coefficient (Wildman–Crippen LogP) is 3.01. The molecule has 30 heavy (non-hydrogen) atoms. The van der Waals surface area contributed by atoms with Crippen molar-refractivity contribution in [1.82, 2.24) is 24.9 Å². The van der Waals surface area contributed by atoms with Crippen LogP contribution in [0.2, 0.25) is 0 Å². The molecule has 5 rings (SSSR count). The van der Waals surface area contributed by atoms with Crippen LogP contribution in [-0.4, -0.2) is 38.1 Å². The Balaban J connectivity index is 1.45. The van der Waals surface area contributed by atoms with Gasteiger partial charge in [0.1, 0.15) is 11.6 Å². The van der Waals surface area contributed by atoms with Gasteiger partial charge in [0, 0.05) is 42.9 Å². The van der Waals surface area contributed by atoms with Crippen molar-refractivity contribution in [3.8, 4) is 0 Å². The van der Waals surface area contributed by atoms with Gasteiger partial charge in [0.05, 0.1) is 6.04 Å². The smallest absolute Gasteiger partial charge is 0.251 e. The molecule has 8 heteroatoms. The molecule has 4 aromatic rings. The van der Waals surface area contributed by atoms with Crippen LogP contribution in [0, 0.1) is 5.82 Å². The average molecular weight is 402 g/mol. The Bertz CT molecular complexity index is 1190. The van der Waals surface area contributed by atoms with E-state index in [1.54, 1.807) is 53.6 Å². The van der Waals surface area contributed by atoms with Gasteiger partial charge in [-0.15, -0.1) is 5.10 Å². The van der Waals surface area contributed by atoms with Crippen LogP contribution in [-0.2, 0) is 0 Å². The van der Waals surface area contributed by atoms with Crippen LogP contribution in [0.3, 0.4) is 0 Å². The van der Waals surface area contributed by atoms with Gasteiger partial charge in [-0.2, -0.15) is 0 Å². The van der Waals surface area contributed by atoms with Crippen molar-refractivity contribution in [3.63, 3.8) is 0 Å². The lowest BCUT2D eigenvalue weighted by atomic mass is 10.0. The molecule has 0 bridgehead atoms. The van der Waals surface area contributed by atoms with E-state index in [0.717, 1.165) is 17.0 Å². The predicted molar refractivity (Wildman–Crippen MR) is 110 cm³/mol. The first kappa shape index (κ1) is 18.2. The molecule has 150 valence electrons. The Morgan fingerprint density at radius 3 is 2.80 bits per heavy atom. The van der Waals surface area contributed by atoms with Gasteiger partial charge in [-0.1, -0.05) is 12.1 Å². The summed E-state index contributed by atoms with van der Waals surface area (Å²) in [6.07, 6.45) is 7.31. The van der Waals surface area contributed by atoms with Crippen molar-refractivity contribution in [1.29, 1.82) is 0 Å². The number of halogens is 1. The number of amides is 1. The Labute approximate surface area is 172 Å². The Morgan fingerprint density at radius 1 is 1.10 bits per heavy atom. The van der Waals surface area contributed by atoms with E-state index in [4.69, 9.17) is 0 Å². The summed E-state index contributed by atoms with van der Waals surface area (Å²) >= 11 is 0. The van der Waals surface area contributed by atoms with Crippen molar-refractivity contribution in [2.24, 2.45) is 0 Å². The minimum Gasteiger partial charge on any atom is -0.347 e. The minimum absolute atomic E-state index is 0.112. The molecule has 0 spiro atoms. The summed E-state index contributed by atoms with van der Waals surface area (Å²) in [5.41, 5.74) is 2.16. The lowest BCUT2D eigenvalue weighted by Gasteiger charge is -2.25. The summed E-state index contributed by atoms with van der Waals surface area (Å²) < 4.78 is 15.6. The molecule has 0 radical (unpaired) electrons. The van der Waals surface area contributed by atoms with E-state index in [9.17, 15) is 9.18 Å². The molecular formula is C22H19FN6O. The van der Waals surface area contributed by atoms with Crippen LogP contribution in [0.1, 0.15) is 28.4 Å². The molecule has 1 N–H and O–H groups in total. The molecule has 7 nitrogen and oxygen atoms in total. The SMILES string of the molecule is O=C(NC1C[C@H](c2cccc(F)c2)N(c2ccc3nccn3n2)C1)c1ccncc1.